The van der Waals surface area contributed by atoms with Crippen LogP contribution in [0.2, 0.25) is 0 Å². The number of likely N-dealkylation sites (tertiary alicyclic amines) is 1. The normalized spacial score (nSPS) is 25.4. The molecule has 3 heteroatoms. The number of nitrogens with zero attached hydrogens (tertiary/aromatic N) is 1. The third-order valence-corrected chi connectivity index (χ3v) is 2.12. The van der Waals surface area contributed by atoms with E-state index >= 15 is 0 Å². The van der Waals surface area contributed by atoms with E-state index in [2.05, 4.69) is 6.92 Å². The van der Waals surface area contributed by atoms with Crippen LogP contribution in [0.3, 0.4) is 0 Å². The predicted molar refractivity (Wildman–Crippen MR) is 41.1 cm³/mol. The van der Waals surface area contributed by atoms with E-state index in [-0.39, 0.29) is 11.8 Å². The van der Waals surface area contributed by atoms with Gasteiger partial charge in [-0.05, 0) is 12.3 Å². The Labute approximate surface area is 66.1 Å². The van der Waals surface area contributed by atoms with Crippen molar-refractivity contribution < 1.29 is 4.79 Å². The molecule has 1 rings (SSSR count). The zero-order chi connectivity index (χ0) is 7.56. The van der Waals surface area contributed by atoms with Crippen molar-refractivity contribution in [3.63, 3.8) is 0 Å². The zero-order valence-corrected chi connectivity index (χ0v) is 6.90. The molecule has 58 valence electrons. The van der Waals surface area contributed by atoms with Crippen LogP contribution in [0.4, 0.5) is 0 Å². The van der Waals surface area contributed by atoms with Crippen molar-refractivity contribution in [3.05, 3.63) is 0 Å². The number of amides is 1. The Morgan fingerprint density at radius 3 is 2.90 bits per heavy atom. The first kappa shape index (κ1) is 7.86. The Bertz CT molecular complexity index is 138. The van der Waals surface area contributed by atoms with Crippen LogP contribution in [-0.2, 0) is 4.79 Å². The van der Waals surface area contributed by atoms with Gasteiger partial charge >= 0.3 is 0 Å². The average Bonchev–Trinajstić information content (AvgIpc) is 2.34. The van der Waals surface area contributed by atoms with Gasteiger partial charge in [0.05, 0.1) is 0 Å². The highest BCUT2D eigenvalue weighted by Gasteiger charge is 2.21. The molecule has 10 heavy (non-hydrogen) atoms. The summed E-state index contributed by atoms with van der Waals surface area (Å²) in [5, 5.41) is 0. The van der Waals surface area contributed by atoms with Crippen LogP contribution in [0.25, 0.3) is 0 Å². The van der Waals surface area contributed by atoms with Crippen LogP contribution in [0.1, 0.15) is 13.3 Å². The highest BCUT2D eigenvalue weighted by Crippen LogP contribution is 2.14. The van der Waals surface area contributed by atoms with E-state index in [1.807, 2.05) is 4.90 Å². The lowest BCUT2D eigenvalue weighted by Gasteiger charge is -2.12. The van der Waals surface area contributed by atoms with E-state index in [9.17, 15) is 4.79 Å². The first-order valence-electron chi connectivity index (χ1n) is 3.57. The molecule has 0 aliphatic carbocycles. The number of halogens is 1. The molecule has 0 unspecified atom stereocenters. The molecule has 0 saturated carbocycles. The quantitative estimate of drug-likeness (QED) is 0.528. The minimum Gasteiger partial charge on any atom is -0.341 e. The van der Waals surface area contributed by atoms with Crippen molar-refractivity contribution in [1.29, 1.82) is 0 Å². The van der Waals surface area contributed by atoms with Gasteiger partial charge in [0.25, 0.3) is 0 Å². The fourth-order valence-electron chi connectivity index (χ4n) is 1.25. The van der Waals surface area contributed by atoms with Crippen molar-refractivity contribution in [2.45, 2.75) is 13.3 Å². The number of hydrogen-bond acceptors (Lipinski definition) is 1. The van der Waals surface area contributed by atoms with Crippen molar-refractivity contribution >= 4 is 17.5 Å². The van der Waals surface area contributed by atoms with E-state index in [4.69, 9.17) is 11.6 Å². The zero-order valence-electron chi connectivity index (χ0n) is 6.14. The topological polar surface area (TPSA) is 20.3 Å². The lowest BCUT2D eigenvalue weighted by molar-refractivity contribution is -0.127. The minimum absolute atomic E-state index is 0.0750. The molecular weight excluding hydrogens is 150 g/mol. The summed E-state index contributed by atoms with van der Waals surface area (Å²) in [7, 11) is 0. The maximum atomic E-state index is 11.0. The number of hydrogen-bond donors (Lipinski definition) is 0. The van der Waals surface area contributed by atoms with Crippen LogP contribution in [0.15, 0.2) is 0 Å². The van der Waals surface area contributed by atoms with Crippen LogP contribution >= 0.6 is 11.6 Å². The summed E-state index contributed by atoms with van der Waals surface area (Å²) in [5.41, 5.74) is 0. The molecule has 0 radical (unpaired) electrons. The largest absolute Gasteiger partial charge is 0.341 e. The van der Waals surface area contributed by atoms with Gasteiger partial charge in [0.2, 0.25) is 5.91 Å². The lowest BCUT2D eigenvalue weighted by Crippen LogP contribution is -2.29. The van der Waals surface area contributed by atoms with E-state index < -0.39 is 0 Å². The second-order valence-electron chi connectivity index (χ2n) is 2.87. The van der Waals surface area contributed by atoms with Gasteiger partial charge in [-0.1, -0.05) is 6.92 Å². The smallest absolute Gasteiger partial charge is 0.237 e. The molecule has 2 nitrogen and oxygen atoms in total. The number of carbonyl (C=O) groups is 1. The molecule has 1 aliphatic rings. The Kier molecular flexibility index (Phi) is 2.55. The predicted octanol–water partition coefficient (Wildman–Crippen LogP) is 1.09. The molecule has 1 heterocycles. The maximum absolute atomic E-state index is 11.0. The second kappa shape index (κ2) is 3.24. The van der Waals surface area contributed by atoms with Gasteiger partial charge in [-0.25, -0.2) is 0 Å². The van der Waals surface area contributed by atoms with Gasteiger partial charge < -0.3 is 4.90 Å². The van der Waals surface area contributed by atoms with Gasteiger partial charge in [0.15, 0.2) is 0 Å². The molecule has 0 aromatic heterocycles. The molecule has 0 spiro atoms. The van der Waals surface area contributed by atoms with Gasteiger partial charge in [0.1, 0.15) is 5.88 Å². The van der Waals surface area contributed by atoms with Gasteiger partial charge in [-0.2, -0.15) is 0 Å². The minimum atomic E-state index is 0.0750. The summed E-state index contributed by atoms with van der Waals surface area (Å²) in [6, 6.07) is 0. The fourth-order valence-corrected chi connectivity index (χ4v) is 1.42. The van der Waals surface area contributed by atoms with Gasteiger partial charge in [-0.3, -0.25) is 4.79 Å². The van der Waals surface area contributed by atoms with Crippen LogP contribution in [-0.4, -0.2) is 29.8 Å². The Balaban J connectivity index is 2.37. The Morgan fingerprint density at radius 1 is 1.80 bits per heavy atom. The van der Waals surface area contributed by atoms with E-state index in [0.717, 1.165) is 19.5 Å². The Morgan fingerprint density at radius 2 is 2.50 bits per heavy atom. The third kappa shape index (κ3) is 1.63. The molecule has 0 aromatic rings. The SMILES string of the molecule is C[C@@H]1CCN(C(=O)CCl)C1. The molecule has 0 aromatic carbocycles. The van der Waals surface area contributed by atoms with E-state index in [0.29, 0.717) is 5.92 Å². The van der Waals surface area contributed by atoms with Crippen LogP contribution in [0.5, 0.6) is 0 Å². The standard InChI is InChI=1S/C7H12ClNO/c1-6-2-3-9(5-6)7(10)4-8/h6H,2-5H2,1H3/t6-/m1/s1. The molecular formula is C7H12ClNO. The summed E-state index contributed by atoms with van der Waals surface area (Å²) in [6.07, 6.45) is 1.13. The van der Waals surface area contributed by atoms with Crippen molar-refractivity contribution in [1.82, 2.24) is 4.90 Å². The molecule has 1 amide bonds. The summed E-state index contributed by atoms with van der Waals surface area (Å²) in [5.74, 6) is 0.866. The summed E-state index contributed by atoms with van der Waals surface area (Å²) >= 11 is 5.39. The second-order valence-corrected chi connectivity index (χ2v) is 3.13. The highest BCUT2D eigenvalue weighted by molar-refractivity contribution is 6.27. The van der Waals surface area contributed by atoms with Crippen LogP contribution < -0.4 is 0 Å². The average molecular weight is 162 g/mol. The molecule has 1 saturated heterocycles. The summed E-state index contributed by atoms with van der Waals surface area (Å²) < 4.78 is 0. The molecule has 1 atom stereocenters. The fraction of sp³-hybridized carbons (Fsp3) is 0.857. The monoisotopic (exact) mass is 161 g/mol. The maximum Gasteiger partial charge on any atom is 0.237 e. The molecule has 0 bridgehead atoms. The first-order valence-corrected chi connectivity index (χ1v) is 4.11. The first-order chi connectivity index (χ1) is 4.74. The summed E-state index contributed by atoms with van der Waals surface area (Å²) in [4.78, 5) is 12.8. The van der Waals surface area contributed by atoms with Gasteiger partial charge in [-0.15, -0.1) is 11.6 Å². The number of alkyl halides is 1. The van der Waals surface area contributed by atoms with Crippen LogP contribution in [0, 0.1) is 5.92 Å². The molecule has 1 fully saturated rings. The third-order valence-electron chi connectivity index (χ3n) is 1.89. The molecule has 0 N–H and O–H groups in total. The number of rotatable bonds is 1. The van der Waals surface area contributed by atoms with E-state index in [1.54, 1.807) is 0 Å². The Hall–Kier alpha value is -0.240. The van der Waals surface area contributed by atoms with Crippen molar-refractivity contribution in [2.75, 3.05) is 19.0 Å². The van der Waals surface area contributed by atoms with Crippen molar-refractivity contribution in [3.8, 4) is 0 Å². The van der Waals surface area contributed by atoms with E-state index in [1.165, 1.54) is 0 Å². The summed E-state index contributed by atoms with van der Waals surface area (Å²) in [6.45, 7) is 3.94. The number of carbonyl (C=O) groups excluding carboxylic acids is 1. The van der Waals surface area contributed by atoms with Crippen molar-refractivity contribution in [2.24, 2.45) is 5.92 Å². The molecule has 1 aliphatic heterocycles. The lowest BCUT2D eigenvalue weighted by atomic mass is 10.2. The van der Waals surface area contributed by atoms with Gasteiger partial charge in [0, 0.05) is 13.1 Å². The highest BCUT2D eigenvalue weighted by atomic mass is 35.5.